The Morgan fingerprint density at radius 1 is 1.12 bits per heavy atom. The molecule has 0 bridgehead atoms. The molecule has 0 aromatic heterocycles. The van der Waals surface area contributed by atoms with Gasteiger partial charge in [0.15, 0.2) is 0 Å². The average Bonchev–Trinajstić information content (AvgIpc) is 2.60. The Morgan fingerprint density at radius 3 is 2.48 bits per heavy atom. The van der Waals surface area contributed by atoms with Gasteiger partial charge in [-0.3, -0.25) is 4.79 Å². The molecule has 132 valence electrons. The summed E-state index contributed by atoms with van der Waals surface area (Å²) in [5.41, 5.74) is 0.308. The lowest BCUT2D eigenvalue weighted by atomic mass is 10.2. The van der Waals surface area contributed by atoms with Crippen molar-refractivity contribution in [2.24, 2.45) is 0 Å². The predicted molar refractivity (Wildman–Crippen MR) is 99.0 cm³/mol. The van der Waals surface area contributed by atoms with Gasteiger partial charge in [0.05, 0.1) is 10.6 Å². The molecule has 0 saturated carbocycles. The number of benzene rings is 2. The maximum atomic E-state index is 12.1. The van der Waals surface area contributed by atoms with Crippen LogP contribution in [-0.2, 0) is 9.53 Å². The van der Waals surface area contributed by atoms with Crippen LogP contribution >= 0.6 is 27.5 Å². The molecule has 1 atom stereocenters. The van der Waals surface area contributed by atoms with Crippen LogP contribution in [0.5, 0.6) is 5.75 Å². The fourth-order valence-corrected chi connectivity index (χ4v) is 2.42. The fourth-order valence-electron chi connectivity index (χ4n) is 1.94. The standard InChI is InChI=1S/C18H17BrClNO4/c1-12(21-17(22)15-4-2-3-5-16(15)20)18(23)25-11-10-24-14-8-6-13(19)7-9-14/h2-9,12H,10-11H2,1H3,(H,21,22). The van der Waals surface area contributed by atoms with E-state index in [1.54, 1.807) is 43.3 Å². The molecular weight excluding hydrogens is 410 g/mol. The SMILES string of the molecule is CC(NC(=O)c1ccccc1Cl)C(=O)OCCOc1ccc(Br)cc1. The van der Waals surface area contributed by atoms with Crippen molar-refractivity contribution in [3.63, 3.8) is 0 Å². The molecule has 25 heavy (non-hydrogen) atoms. The van der Waals surface area contributed by atoms with Gasteiger partial charge in [-0.1, -0.05) is 39.7 Å². The molecule has 0 aliphatic heterocycles. The van der Waals surface area contributed by atoms with Crippen LogP contribution in [0.25, 0.3) is 0 Å². The first-order valence-electron chi connectivity index (χ1n) is 7.58. The normalized spacial score (nSPS) is 11.5. The Labute approximate surface area is 159 Å². The van der Waals surface area contributed by atoms with E-state index >= 15 is 0 Å². The molecule has 2 aromatic carbocycles. The van der Waals surface area contributed by atoms with Gasteiger partial charge in [0, 0.05) is 4.47 Å². The van der Waals surface area contributed by atoms with E-state index in [0.717, 1.165) is 4.47 Å². The highest BCUT2D eigenvalue weighted by atomic mass is 79.9. The summed E-state index contributed by atoms with van der Waals surface area (Å²) in [6.07, 6.45) is 0. The number of carbonyl (C=O) groups excluding carboxylic acids is 2. The quantitative estimate of drug-likeness (QED) is 0.540. The lowest BCUT2D eigenvalue weighted by molar-refractivity contribution is -0.146. The molecular formula is C18H17BrClNO4. The van der Waals surface area contributed by atoms with Crippen molar-refractivity contribution in [1.29, 1.82) is 0 Å². The highest BCUT2D eigenvalue weighted by Gasteiger charge is 2.19. The minimum absolute atomic E-state index is 0.0845. The molecule has 2 rings (SSSR count). The van der Waals surface area contributed by atoms with Crippen LogP contribution in [-0.4, -0.2) is 31.1 Å². The van der Waals surface area contributed by atoms with Crippen molar-refractivity contribution in [2.75, 3.05) is 13.2 Å². The van der Waals surface area contributed by atoms with E-state index in [0.29, 0.717) is 16.3 Å². The Morgan fingerprint density at radius 2 is 1.80 bits per heavy atom. The van der Waals surface area contributed by atoms with Crippen LogP contribution < -0.4 is 10.1 Å². The molecule has 0 radical (unpaired) electrons. The first-order chi connectivity index (χ1) is 12.0. The maximum absolute atomic E-state index is 12.1. The second-order valence-electron chi connectivity index (χ2n) is 5.14. The van der Waals surface area contributed by atoms with Gasteiger partial charge in [0.1, 0.15) is 25.0 Å². The van der Waals surface area contributed by atoms with E-state index in [9.17, 15) is 9.59 Å². The summed E-state index contributed by atoms with van der Waals surface area (Å²) in [7, 11) is 0. The van der Waals surface area contributed by atoms with Gasteiger partial charge in [0.25, 0.3) is 5.91 Å². The van der Waals surface area contributed by atoms with Crippen LogP contribution in [0.1, 0.15) is 17.3 Å². The van der Waals surface area contributed by atoms with Crippen molar-refractivity contribution >= 4 is 39.4 Å². The summed E-state index contributed by atoms with van der Waals surface area (Å²) in [6, 6.07) is 13.1. The lowest BCUT2D eigenvalue weighted by Crippen LogP contribution is -2.40. The van der Waals surface area contributed by atoms with Crippen molar-refractivity contribution in [3.8, 4) is 5.75 Å². The Kier molecular flexibility index (Phi) is 7.28. The molecule has 0 heterocycles. The number of rotatable bonds is 7. The molecule has 5 nitrogen and oxygen atoms in total. The molecule has 1 amide bonds. The second kappa shape index (κ2) is 9.44. The van der Waals surface area contributed by atoms with Gasteiger partial charge in [-0.25, -0.2) is 4.79 Å². The number of nitrogens with one attached hydrogen (secondary N) is 1. The second-order valence-corrected chi connectivity index (χ2v) is 6.47. The number of carbonyl (C=O) groups is 2. The largest absolute Gasteiger partial charge is 0.490 e. The van der Waals surface area contributed by atoms with Gasteiger partial charge in [-0.05, 0) is 43.3 Å². The van der Waals surface area contributed by atoms with Gasteiger partial charge in [-0.2, -0.15) is 0 Å². The molecule has 0 fully saturated rings. The van der Waals surface area contributed by atoms with Gasteiger partial charge >= 0.3 is 5.97 Å². The van der Waals surface area contributed by atoms with Crippen molar-refractivity contribution in [3.05, 3.63) is 63.6 Å². The zero-order valence-corrected chi connectivity index (χ0v) is 15.8. The Hall–Kier alpha value is -2.05. The topological polar surface area (TPSA) is 64.6 Å². The van der Waals surface area contributed by atoms with E-state index in [2.05, 4.69) is 21.2 Å². The molecule has 0 aliphatic carbocycles. The monoisotopic (exact) mass is 425 g/mol. The molecule has 0 spiro atoms. The van der Waals surface area contributed by atoms with Gasteiger partial charge < -0.3 is 14.8 Å². The van der Waals surface area contributed by atoms with E-state index in [1.807, 2.05) is 12.1 Å². The molecule has 0 saturated heterocycles. The van der Waals surface area contributed by atoms with E-state index < -0.39 is 17.9 Å². The molecule has 1 unspecified atom stereocenters. The predicted octanol–water partition coefficient (Wildman–Crippen LogP) is 3.84. The average molecular weight is 427 g/mol. The smallest absolute Gasteiger partial charge is 0.328 e. The first-order valence-corrected chi connectivity index (χ1v) is 8.75. The zero-order valence-electron chi connectivity index (χ0n) is 13.5. The minimum atomic E-state index is -0.795. The third-order valence-electron chi connectivity index (χ3n) is 3.23. The van der Waals surface area contributed by atoms with E-state index in [4.69, 9.17) is 21.1 Å². The summed E-state index contributed by atoms with van der Waals surface area (Å²) in [6.45, 7) is 1.85. The highest BCUT2D eigenvalue weighted by Crippen LogP contribution is 2.16. The number of hydrogen-bond donors (Lipinski definition) is 1. The summed E-state index contributed by atoms with van der Waals surface area (Å²) in [5.74, 6) is -0.291. The lowest BCUT2D eigenvalue weighted by Gasteiger charge is -2.14. The third kappa shape index (κ3) is 6.07. The number of amides is 1. The van der Waals surface area contributed by atoms with Crippen molar-refractivity contribution < 1.29 is 19.1 Å². The van der Waals surface area contributed by atoms with Crippen molar-refractivity contribution in [2.45, 2.75) is 13.0 Å². The summed E-state index contributed by atoms with van der Waals surface area (Å²) in [5, 5.41) is 2.88. The highest BCUT2D eigenvalue weighted by molar-refractivity contribution is 9.10. The van der Waals surface area contributed by atoms with E-state index in [-0.39, 0.29) is 13.2 Å². The fraction of sp³-hybridized carbons (Fsp3) is 0.222. The molecule has 0 aliphatic rings. The third-order valence-corrected chi connectivity index (χ3v) is 4.09. The first kappa shape index (κ1) is 19.3. The molecule has 2 aromatic rings. The van der Waals surface area contributed by atoms with Crippen LogP contribution in [0.4, 0.5) is 0 Å². The molecule has 1 N–H and O–H groups in total. The van der Waals surface area contributed by atoms with Crippen LogP contribution in [0.2, 0.25) is 5.02 Å². The van der Waals surface area contributed by atoms with E-state index in [1.165, 1.54) is 0 Å². The Bertz CT molecular complexity index is 736. The maximum Gasteiger partial charge on any atom is 0.328 e. The summed E-state index contributed by atoms with van der Waals surface area (Å²) >= 11 is 9.29. The molecule has 7 heteroatoms. The number of hydrogen-bond acceptors (Lipinski definition) is 4. The van der Waals surface area contributed by atoms with Crippen LogP contribution in [0, 0.1) is 0 Å². The number of esters is 1. The van der Waals surface area contributed by atoms with Crippen LogP contribution in [0.15, 0.2) is 53.0 Å². The number of halogens is 2. The van der Waals surface area contributed by atoms with Crippen LogP contribution in [0.3, 0.4) is 0 Å². The number of ether oxygens (including phenoxy) is 2. The van der Waals surface area contributed by atoms with Gasteiger partial charge in [0.2, 0.25) is 0 Å². The minimum Gasteiger partial charge on any atom is -0.490 e. The van der Waals surface area contributed by atoms with Crippen molar-refractivity contribution in [1.82, 2.24) is 5.32 Å². The van der Waals surface area contributed by atoms with Gasteiger partial charge in [-0.15, -0.1) is 0 Å². The zero-order chi connectivity index (χ0) is 18.2. The summed E-state index contributed by atoms with van der Waals surface area (Å²) < 4.78 is 11.5. The Balaban J connectivity index is 1.74. The summed E-state index contributed by atoms with van der Waals surface area (Å²) in [4.78, 5) is 24.0.